The smallest absolute Gasteiger partial charge is 0.320 e. The van der Waals surface area contributed by atoms with Crippen LogP contribution >= 0.6 is 0 Å². The molecule has 0 spiro atoms. The van der Waals surface area contributed by atoms with Crippen molar-refractivity contribution in [3.05, 3.63) is 0 Å². The fourth-order valence-corrected chi connectivity index (χ4v) is 2.06. The predicted molar refractivity (Wildman–Crippen MR) is 58.0 cm³/mol. The molecule has 0 aliphatic carbocycles. The van der Waals surface area contributed by atoms with Crippen molar-refractivity contribution in [2.75, 3.05) is 19.8 Å². The largest absolute Gasteiger partial charge is 0.480 e. The summed E-state index contributed by atoms with van der Waals surface area (Å²) in [7, 11) is -4.14. The standard InChI is InChI=1S/C7H17N3O6S/c8-6(7(13)14)1-2-10(17(9,15)16)5(3-11)4-12/h5-6,11-12H,1-4,8H2,(H,13,14)(H2,9,15,16)/t6-/m0/s1. The van der Waals surface area contributed by atoms with Gasteiger partial charge in [-0.25, -0.2) is 5.14 Å². The highest BCUT2D eigenvalue weighted by Gasteiger charge is 2.27. The molecule has 102 valence electrons. The summed E-state index contributed by atoms with van der Waals surface area (Å²) in [6.45, 7) is -1.55. The molecule has 0 aromatic rings. The first-order valence-electron chi connectivity index (χ1n) is 4.73. The van der Waals surface area contributed by atoms with E-state index in [4.69, 9.17) is 26.2 Å². The van der Waals surface area contributed by atoms with Gasteiger partial charge in [0.1, 0.15) is 6.04 Å². The lowest BCUT2D eigenvalue weighted by Crippen LogP contribution is -2.49. The van der Waals surface area contributed by atoms with Crippen LogP contribution in [0.25, 0.3) is 0 Å². The molecular weight excluding hydrogens is 254 g/mol. The molecule has 0 fully saturated rings. The van der Waals surface area contributed by atoms with Crippen LogP contribution in [0.5, 0.6) is 0 Å². The Morgan fingerprint density at radius 3 is 2.06 bits per heavy atom. The van der Waals surface area contributed by atoms with Crippen molar-refractivity contribution in [2.45, 2.75) is 18.5 Å². The van der Waals surface area contributed by atoms with Crippen LogP contribution in [-0.4, -0.2) is 65.9 Å². The van der Waals surface area contributed by atoms with Gasteiger partial charge >= 0.3 is 5.97 Å². The lowest BCUT2D eigenvalue weighted by molar-refractivity contribution is -0.138. The minimum absolute atomic E-state index is 0.178. The van der Waals surface area contributed by atoms with Crippen LogP contribution in [0.3, 0.4) is 0 Å². The highest BCUT2D eigenvalue weighted by Crippen LogP contribution is 2.05. The van der Waals surface area contributed by atoms with Gasteiger partial charge in [0.25, 0.3) is 10.2 Å². The van der Waals surface area contributed by atoms with Gasteiger partial charge in [-0.3, -0.25) is 4.79 Å². The second kappa shape index (κ2) is 6.83. The highest BCUT2D eigenvalue weighted by molar-refractivity contribution is 7.86. The third-order valence-electron chi connectivity index (χ3n) is 2.13. The van der Waals surface area contributed by atoms with E-state index in [1.807, 2.05) is 0 Å². The summed E-state index contributed by atoms with van der Waals surface area (Å²) < 4.78 is 23.0. The van der Waals surface area contributed by atoms with Crippen LogP contribution in [0, 0.1) is 0 Å². The summed E-state index contributed by atoms with van der Waals surface area (Å²) in [4.78, 5) is 10.4. The maximum atomic E-state index is 11.2. The normalized spacial score (nSPS) is 14.2. The first-order valence-corrected chi connectivity index (χ1v) is 6.24. The summed E-state index contributed by atoms with van der Waals surface area (Å²) in [5.74, 6) is -1.27. The van der Waals surface area contributed by atoms with Crippen LogP contribution in [-0.2, 0) is 15.0 Å². The van der Waals surface area contributed by atoms with Gasteiger partial charge in [-0.1, -0.05) is 0 Å². The number of aliphatic hydroxyl groups excluding tert-OH is 2. The van der Waals surface area contributed by atoms with E-state index in [9.17, 15) is 13.2 Å². The molecule has 7 N–H and O–H groups in total. The number of aliphatic carboxylic acids is 1. The molecule has 0 saturated carbocycles. The average molecular weight is 271 g/mol. The second-order valence-electron chi connectivity index (χ2n) is 3.41. The maximum Gasteiger partial charge on any atom is 0.320 e. The lowest BCUT2D eigenvalue weighted by atomic mass is 10.2. The van der Waals surface area contributed by atoms with Crippen LogP contribution < -0.4 is 10.9 Å². The molecule has 1 atom stereocenters. The summed E-state index contributed by atoms with van der Waals surface area (Å²) in [5.41, 5.74) is 5.20. The van der Waals surface area contributed by atoms with Gasteiger partial charge in [-0.15, -0.1) is 0 Å². The zero-order valence-electron chi connectivity index (χ0n) is 9.06. The lowest BCUT2D eigenvalue weighted by Gasteiger charge is -2.26. The third-order valence-corrected chi connectivity index (χ3v) is 3.27. The molecule has 0 heterocycles. The fraction of sp³-hybridized carbons (Fsp3) is 0.857. The van der Waals surface area contributed by atoms with E-state index >= 15 is 0 Å². The van der Waals surface area contributed by atoms with Crippen molar-refractivity contribution in [2.24, 2.45) is 10.9 Å². The molecule has 0 radical (unpaired) electrons. The van der Waals surface area contributed by atoms with E-state index in [0.29, 0.717) is 4.31 Å². The van der Waals surface area contributed by atoms with Crippen LogP contribution in [0.4, 0.5) is 0 Å². The molecule has 0 aromatic heterocycles. The average Bonchev–Trinajstić information content (AvgIpc) is 2.21. The van der Waals surface area contributed by atoms with E-state index in [1.165, 1.54) is 0 Å². The Labute approximate surface area is 98.8 Å². The number of carboxylic acid groups (broad SMARTS) is 1. The molecular formula is C7H17N3O6S. The molecule has 0 saturated heterocycles. The van der Waals surface area contributed by atoms with E-state index < -0.39 is 41.5 Å². The van der Waals surface area contributed by atoms with E-state index in [1.54, 1.807) is 0 Å². The van der Waals surface area contributed by atoms with E-state index in [2.05, 4.69) is 0 Å². The molecule has 9 nitrogen and oxygen atoms in total. The SMILES string of the molecule is N[C@@H](CCN(C(CO)CO)S(N)(=O)=O)C(=O)O. The van der Waals surface area contributed by atoms with E-state index in [-0.39, 0.29) is 13.0 Å². The Kier molecular flexibility index (Phi) is 6.52. The molecule has 0 aliphatic heterocycles. The van der Waals surface area contributed by atoms with Gasteiger partial charge in [0.2, 0.25) is 0 Å². The van der Waals surface area contributed by atoms with Crippen molar-refractivity contribution < 1.29 is 28.5 Å². The number of nitrogens with zero attached hydrogens (tertiary/aromatic N) is 1. The second-order valence-corrected chi connectivity index (χ2v) is 4.91. The predicted octanol–water partition coefficient (Wildman–Crippen LogP) is -3.35. The van der Waals surface area contributed by atoms with Gasteiger partial charge in [0.05, 0.1) is 19.3 Å². The molecule has 0 rings (SSSR count). The molecule has 0 aliphatic rings. The molecule has 0 amide bonds. The molecule has 17 heavy (non-hydrogen) atoms. The van der Waals surface area contributed by atoms with Crippen molar-refractivity contribution in [1.29, 1.82) is 0 Å². The Morgan fingerprint density at radius 2 is 1.76 bits per heavy atom. The Balaban J connectivity index is 4.68. The van der Waals surface area contributed by atoms with Gasteiger partial charge in [-0.2, -0.15) is 12.7 Å². The summed E-state index contributed by atoms with van der Waals surface area (Å²) in [5, 5.41) is 31.1. The van der Waals surface area contributed by atoms with Gasteiger partial charge in [-0.05, 0) is 6.42 Å². The summed E-state index contributed by atoms with van der Waals surface area (Å²) in [6, 6.07) is -2.34. The molecule has 0 aromatic carbocycles. The topological polar surface area (TPSA) is 167 Å². The van der Waals surface area contributed by atoms with Crippen molar-refractivity contribution in [3.63, 3.8) is 0 Å². The number of carbonyl (C=O) groups is 1. The first kappa shape index (κ1) is 16.2. The quantitative estimate of drug-likeness (QED) is 0.307. The summed E-state index contributed by atoms with van der Waals surface area (Å²) >= 11 is 0. The van der Waals surface area contributed by atoms with Gasteiger partial charge < -0.3 is 21.1 Å². The third kappa shape index (κ3) is 5.39. The summed E-state index contributed by atoms with van der Waals surface area (Å²) in [6.07, 6.45) is -0.178. The molecule has 0 bridgehead atoms. The highest BCUT2D eigenvalue weighted by atomic mass is 32.2. The maximum absolute atomic E-state index is 11.2. The fourth-order valence-electron chi connectivity index (χ4n) is 1.15. The van der Waals surface area contributed by atoms with Gasteiger partial charge in [0, 0.05) is 6.54 Å². The van der Waals surface area contributed by atoms with Gasteiger partial charge in [0.15, 0.2) is 0 Å². The molecule has 10 heteroatoms. The van der Waals surface area contributed by atoms with Crippen molar-refractivity contribution in [1.82, 2.24) is 4.31 Å². The minimum atomic E-state index is -4.14. The minimum Gasteiger partial charge on any atom is -0.480 e. The molecule has 0 unspecified atom stereocenters. The van der Waals surface area contributed by atoms with Crippen molar-refractivity contribution in [3.8, 4) is 0 Å². The first-order chi connectivity index (χ1) is 7.73. The number of hydrogen-bond acceptors (Lipinski definition) is 6. The van der Waals surface area contributed by atoms with Crippen LogP contribution in [0.1, 0.15) is 6.42 Å². The van der Waals surface area contributed by atoms with Crippen LogP contribution in [0.15, 0.2) is 0 Å². The van der Waals surface area contributed by atoms with Crippen molar-refractivity contribution >= 4 is 16.2 Å². The number of nitrogens with two attached hydrogens (primary N) is 2. The number of aliphatic hydroxyl groups is 2. The van der Waals surface area contributed by atoms with Crippen LogP contribution in [0.2, 0.25) is 0 Å². The Morgan fingerprint density at radius 1 is 1.29 bits per heavy atom. The Bertz CT molecular complexity index is 342. The van der Waals surface area contributed by atoms with E-state index in [0.717, 1.165) is 0 Å². The Hall–Kier alpha value is -0.780. The zero-order valence-corrected chi connectivity index (χ0v) is 9.88. The number of rotatable bonds is 8. The number of hydrogen-bond donors (Lipinski definition) is 5. The monoisotopic (exact) mass is 271 g/mol. The zero-order chi connectivity index (χ0) is 13.6. The number of carboxylic acids is 1.